The summed E-state index contributed by atoms with van der Waals surface area (Å²) in [5.74, 6) is -1.58. The van der Waals surface area contributed by atoms with Crippen molar-refractivity contribution in [3.63, 3.8) is 0 Å². The molecule has 1 aliphatic rings. The smallest absolute Gasteiger partial charge is 0.354 e. The maximum atomic E-state index is 12.7. The van der Waals surface area contributed by atoms with Crippen LogP contribution in [0.25, 0.3) is 0 Å². The molecule has 0 saturated heterocycles. The van der Waals surface area contributed by atoms with Gasteiger partial charge in [0.25, 0.3) is 5.91 Å². The number of amides is 3. The van der Waals surface area contributed by atoms with Gasteiger partial charge in [-0.05, 0) is 56.7 Å². The van der Waals surface area contributed by atoms with Crippen LogP contribution >= 0.6 is 0 Å². The van der Waals surface area contributed by atoms with E-state index in [1.807, 2.05) is 24.3 Å². The lowest BCUT2D eigenvalue weighted by Gasteiger charge is -2.15. The minimum atomic E-state index is -0.666. The molecule has 31 heavy (non-hydrogen) atoms. The molecule has 8 heteroatoms. The van der Waals surface area contributed by atoms with E-state index in [9.17, 15) is 19.2 Å². The van der Waals surface area contributed by atoms with E-state index >= 15 is 0 Å². The number of nitrogens with one attached hydrogen (secondary N) is 3. The van der Waals surface area contributed by atoms with Gasteiger partial charge in [-0.3, -0.25) is 14.4 Å². The number of hydrogen-bond acceptors (Lipinski definition) is 5. The number of rotatable bonds is 7. The van der Waals surface area contributed by atoms with Crippen molar-refractivity contribution in [1.82, 2.24) is 10.6 Å². The Morgan fingerprint density at radius 3 is 2.16 bits per heavy atom. The number of benzene rings is 1. The number of allylic oxidation sites excluding steroid dienone is 2. The third kappa shape index (κ3) is 6.53. The molecule has 0 bridgehead atoms. The van der Waals surface area contributed by atoms with Crippen LogP contribution in [0.1, 0.15) is 51.5 Å². The first-order chi connectivity index (χ1) is 14.8. The van der Waals surface area contributed by atoms with Crippen LogP contribution in [-0.4, -0.2) is 30.8 Å². The quantitative estimate of drug-likeness (QED) is 0.457. The lowest BCUT2D eigenvalue weighted by Crippen LogP contribution is -2.38. The largest absolute Gasteiger partial charge is 0.464 e. The number of hydrogen-bond donors (Lipinski definition) is 3. The topological polar surface area (TPSA) is 114 Å². The lowest BCUT2D eigenvalue weighted by atomic mass is 9.96. The zero-order chi connectivity index (χ0) is 23.0. The molecule has 2 atom stereocenters. The summed E-state index contributed by atoms with van der Waals surface area (Å²) >= 11 is 0. The van der Waals surface area contributed by atoms with Gasteiger partial charge >= 0.3 is 5.97 Å². The van der Waals surface area contributed by atoms with Gasteiger partial charge in [0.05, 0.1) is 7.11 Å². The van der Waals surface area contributed by atoms with Crippen molar-refractivity contribution in [3.05, 3.63) is 53.4 Å². The van der Waals surface area contributed by atoms with E-state index in [0.29, 0.717) is 12.8 Å². The zero-order valence-corrected chi connectivity index (χ0v) is 18.3. The fourth-order valence-corrected chi connectivity index (χ4v) is 3.60. The van der Waals surface area contributed by atoms with Crippen molar-refractivity contribution in [2.75, 3.05) is 12.4 Å². The summed E-state index contributed by atoms with van der Waals surface area (Å²) in [6, 6.07) is 7.64. The predicted molar refractivity (Wildman–Crippen MR) is 117 cm³/mol. The Morgan fingerprint density at radius 2 is 1.61 bits per heavy atom. The van der Waals surface area contributed by atoms with Crippen molar-refractivity contribution < 1.29 is 23.9 Å². The lowest BCUT2D eigenvalue weighted by molar-refractivity contribution is -0.137. The zero-order valence-electron chi connectivity index (χ0n) is 18.3. The Hall–Kier alpha value is -3.42. The Bertz CT molecular complexity index is 902. The molecule has 1 saturated carbocycles. The van der Waals surface area contributed by atoms with Crippen molar-refractivity contribution in [1.29, 1.82) is 0 Å². The van der Waals surface area contributed by atoms with Crippen molar-refractivity contribution >= 4 is 29.4 Å². The summed E-state index contributed by atoms with van der Waals surface area (Å²) in [6.07, 6.45) is 5.17. The van der Waals surface area contributed by atoms with Crippen molar-refractivity contribution in [2.24, 2.45) is 5.92 Å². The van der Waals surface area contributed by atoms with Gasteiger partial charge in [0.2, 0.25) is 11.8 Å². The molecule has 2 rings (SSSR count). The summed E-state index contributed by atoms with van der Waals surface area (Å²) in [5, 5.41) is 7.87. The van der Waals surface area contributed by atoms with Crippen LogP contribution in [0.2, 0.25) is 0 Å². The minimum Gasteiger partial charge on any atom is -0.464 e. The van der Waals surface area contributed by atoms with Crippen LogP contribution in [0, 0.1) is 5.92 Å². The second-order valence-electron chi connectivity index (χ2n) is 7.35. The van der Waals surface area contributed by atoms with Crippen LogP contribution < -0.4 is 16.0 Å². The Kier molecular flexibility index (Phi) is 8.54. The molecule has 2 unspecified atom stereocenters. The van der Waals surface area contributed by atoms with Gasteiger partial charge in [-0.25, -0.2) is 4.79 Å². The van der Waals surface area contributed by atoms with Gasteiger partial charge in [0.1, 0.15) is 11.4 Å². The van der Waals surface area contributed by atoms with E-state index < -0.39 is 11.9 Å². The Balaban J connectivity index is 1.95. The molecular formula is C23H29N3O5. The highest BCUT2D eigenvalue weighted by molar-refractivity contribution is 6.02. The number of anilines is 1. The van der Waals surface area contributed by atoms with E-state index in [1.165, 1.54) is 26.2 Å². The highest BCUT2D eigenvalue weighted by atomic mass is 16.5. The average molecular weight is 428 g/mol. The summed E-state index contributed by atoms with van der Waals surface area (Å²) in [7, 11) is 1.22. The van der Waals surface area contributed by atoms with Crippen LogP contribution in [-0.2, 0) is 23.9 Å². The fourth-order valence-electron chi connectivity index (χ4n) is 3.60. The van der Waals surface area contributed by atoms with Crippen LogP contribution in [0.4, 0.5) is 5.69 Å². The molecule has 0 spiro atoms. The normalized spacial score (nSPS) is 18.8. The molecule has 3 N–H and O–H groups in total. The minimum absolute atomic E-state index is 0.00439. The monoisotopic (exact) mass is 427 g/mol. The van der Waals surface area contributed by atoms with Crippen molar-refractivity contribution in [3.8, 4) is 0 Å². The van der Waals surface area contributed by atoms with Gasteiger partial charge in [0, 0.05) is 18.5 Å². The number of carbonyl (C=O) groups is 4. The first-order valence-electron chi connectivity index (χ1n) is 10.2. The summed E-state index contributed by atoms with van der Waals surface area (Å²) in [6.45, 7) is 4.70. The van der Waals surface area contributed by atoms with Gasteiger partial charge in [-0.15, -0.1) is 0 Å². The molecular weight excluding hydrogens is 398 g/mol. The maximum absolute atomic E-state index is 12.7. The highest BCUT2D eigenvalue weighted by Crippen LogP contribution is 2.38. The van der Waals surface area contributed by atoms with Crippen LogP contribution in [0.15, 0.2) is 47.8 Å². The third-order valence-corrected chi connectivity index (χ3v) is 5.24. The first-order valence-corrected chi connectivity index (χ1v) is 10.2. The van der Waals surface area contributed by atoms with E-state index in [4.69, 9.17) is 0 Å². The molecule has 0 radical (unpaired) electrons. The third-order valence-electron chi connectivity index (χ3n) is 5.24. The van der Waals surface area contributed by atoms with E-state index in [1.54, 1.807) is 13.8 Å². The van der Waals surface area contributed by atoms with Crippen molar-refractivity contribution in [2.45, 2.75) is 46.0 Å². The molecule has 1 aliphatic carbocycles. The second-order valence-corrected chi connectivity index (χ2v) is 7.35. The SMILES string of the molecule is C/C=C(\NC(=O)C1CCC(c2ccc(NC(C)=O)cc2)C1)C(=O)N/C(=C/C)C(=O)OC. The molecule has 0 aromatic heterocycles. The molecule has 3 amide bonds. The van der Waals surface area contributed by atoms with Gasteiger partial charge < -0.3 is 20.7 Å². The number of carbonyl (C=O) groups excluding carboxylic acids is 4. The van der Waals surface area contributed by atoms with E-state index in [-0.39, 0.29) is 35.0 Å². The van der Waals surface area contributed by atoms with E-state index in [2.05, 4.69) is 20.7 Å². The van der Waals surface area contributed by atoms with Crippen LogP contribution in [0.5, 0.6) is 0 Å². The van der Waals surface area contributed by atoms with Crippen LogP contribution in [0.3, 0.4) is 0 Å². The second kappa shape index (κ2) is 11.1. The van der Waals surface area contributed by atoms with Gasteiger partial charge in [0.15, 0.2) is 0 Å². The Morgan fingerprint density at radius 1 is 0.968 bits per heavy atom. The van der Waals surface area contributed by atoms with Gasteiger partial charge in [-0.2, -0.15) is 0 Å². The van der Waals surface area contributed by atoms with E-state index in [0.717, 1.165) is 17.7 Å². The molecule has 8 nitrogen and oxygen atoms in total. The summed E-state index contributed by atoms with van der Waals surface area (Å²) in [4.78, 5) is 47.9. The summed E-state index contributed by atoms with van der Waals surface area (Å²) < 4.78 is 4.61. The molecule has 1 fully saturated rings. The standard InChI is InChI=1S/C23H29N3O5/c1-5-19(22(29)26-20(6-2)23(30)31-4)25-21(28)17-8-7-16(13-17)15-9-11-18(12-10-15)24-14(3)27/h5-6,9-12,16-17H,7-8,13H2,1-4H3,(H,24,27)(H,25,28)(H,26,29)/b19-5-,20-6+. The first kappa shape index (κ1) is 23.9. The molecule has 166 valence electrons. The van der Waals surface area contributed by atoms with Gasteiger partial charge in [-0.1, -0.05) is 24.3 Å². The molecule has 0 heterocycles. The maximum Gasteiger partial charge on any atom is 0.354 e. The number of esters is 1. The predicted octanol–water partition coefficient (Wildman–Crippen LogP) is 2.74. The number of methoxy groups -OCH3 is 1. The average Bonchev–Trinajstić information content (AvgIpc) is 3.25. The number of ether oxygens (including phenoxy) is 1. The Labute approximate surface area is 182 Å². The summed E-state index contributed by atoms with van der Waals surface area (Å²) in [5.41, 5.74) is 1.94. The highest BCUT2D eigenvalue weighted by Gasteiger charge is 2.31. The molecule has 0 aliphatic heterocycles. The molecule has 1 aromatic carbocycles. The fraction of sp³-hybridized carbons (Fsp3) is 0.391. The molecule has 1 aromatic rings.